The molecular formula is C23H34IN5. The summed E-state index contributed by atoms with van der Waals surface area (Å²) < 4.78 is 0. The van der Waals surface area contributed by atoms with Crippen LogP contribution in [0.2, 0.25) is 0 Å². The molecule has 0 radical (unpaired) electrons. The highest BCUT2D eigenvalue weighted by Crippen LogP contribution is 2.20. The number of aromatic nitrogens is 1. The number of hydrogen-bond acceptors (Lipinski definition) is 3. The van der Waals surface area contributed by atoms with Gasteiger partial charge in [-0.1, -0.05) is 36.4 Å². The lowest BCUT2D eigenvalue weighted by atomic mass is 9.97. The van der Waals surface area contributed by atoms with Gasteiger partial charge in [0.05, 0.1) is 12.2 Å². The Balaban J connectivity index is 0.00000300. The summed E-state index contributed by atoms with van der Waals surface area (Å²) in [6.45, 7) is 10.0. The third kappa shape index (κ3) is 7.59. The van der Waals surface area contributed by atoms with Crippen LogP contribution in [0.3, 0.4) is 0 Å². The van der Waals surface area contributed by atoms with Gasteiger partial charge in [0.25, 0.3) is 0 Å². The molecule has 1 aromatic heterocycles. The fourth-order valence-electron chi connectivity index (χ4n) is 3.77. The van der Waals surface area contributed by atoms with E-state index in [-0.39, 0.29) is 24.0 Å². The van der Waals surface area contributed by atoms with Gasteiger partial charge in [-0.3, -0.25) is 9.88 Å². The standard InChI is InChI=1S/C23H33N5.HI/c1-4-24-23(25-16-22-12-8-9-18(2)26-22)27-21-13-14-28(19(3)15-21)17-20-10-6-5-7-11-20;/h5-12,19,21H,4,13-17H2,1-3H3,(H2,24,25,27);1H. The molecule has 2 unspecified atom stereocenters. The van der Waals surface area contributed by atoms with Crippen molar-refractivity contribution in [1.29, 1.82) is 0 Å². The van der Waals surface area contributed by atoms with E-state index < -0.39 is 0 Å². The molecule has 2 heterocycles. The number of aryl methyl sites for hydroxylation is 1. The molecule has 2 aromatic rings. The molecule has 0 amide bonds. The van der Waals surface area contributed by atoms with E-state index in [1.807, 2.05) is 25.1 Å². The first kappa shape index (κ1) is 23.6. The molecule has 1 aromatic carbocycles. The Hall–Kier alpha value is -1.67. The highest BCUT2D eigenvalue weighted by molar-refractivity contribution is 14.0. The van der Waals surface area contributed by atoms with E-state index >= 15 is 0 Å². The largest absolute Gasteiger partial charge is 0.357 e. The third-order valence-corrected chi connectivity index (χ3v) is 5.27. The van der Waals surface area contributed by atoms with Gasteiger partial charge in [0.1, 0.15) is 0 Å². The second-order valence-electron chi connectivity index (χ2n) is 7.64. The summed E-state index contributed by atoms with van der Waals surface area (Å²) in [5.41, 5.74) is 3.43. The van der Waals surface area contributed by atoms with Gasteiger partial charge in [-0.25, -0.2) is 4.99 Å². The van der Waals surface area contributed by atoms with Crippen molar-refractivity contribution < 1.29 is 0 Å². The van der Waals surface area contributed by atoms with Gasteiger partial charge >= 0.3 is 0 Å². The van der Waals surface area contributed by atoms with Crippen molar-refractivity contribution in [1.82, 2.24) is 20.5 Å². The molecule has 3 rings (SSSR count). The van der Waals surface area contributed by atoms with Crippen LogP contribution < -0.4 is 10.6 Å². The van der Waals surface area contributed by atoms with E-state index in [9.17, 15) is 0 Å². The highest BCUT2D eigenvalue weighted by Gasteiger charge is 2.25. The summed E-state index contributed by atoms with van der Waals surface area (Å²) >= 11 is 0. The summed E-state index contributed by atoms with van der Waals surface area (Å²) in [5.74, 6) is 0.888. The quantitative estimate of drug-likeness (QED) is 0.351. The summed E-state index contributed by atoms with van der Waals surface area (Å²) in [6.07, 6.45) is 2.25. The van der Waals surface area contributed by atoms with Crippen molar-refractivity contribution in [2.24, 2.45) is 4.99 Å². The molecule has 2 N–H and O–H groups in total. The number of nitrogens with one attached hydrogen (secondary N) is 2. The molecule has 0 aliphatic carbocycles. The maximum atomic E-state index is 4.75. The van der Waals surface area contributed by atoms with Crippen LogP contribution in [0.15, 0.2) is 53.5 Å². The first-order chi connectivity index (χ1) is 13.6. The van der Waals surface area contributed by atoms with Crippen molar-refractivity contribution in [2.75, 3.05) is 13.1 Å². The maximum absolute atomic E-state index is 4.75. The van der Waals surface area contributed by atoms with Gasteiger partial charge < -0.3 is 10.6 Å². The molecule has 0 saturated carbocycles. The molecule has 1 saturated heterocycles. The van der Waals surface area contributed by atoms with Gasteiger partial charge in [0.15, 0.2) is 5.96 Å². The zero-order valence-corrected chi connectivity index (χ0v) is 20.1. The van der Waals surface area contributed by atoms with Crippen LogP contribution in [-0.2, 0) is 13.1 Å². The van der Waals surface area contributed by atoms with Gasteiger partial charge in [0, 0.05) is 37.4 Å². The summed E-state index contributed by atoms with van der Waals surface area (Å²) in [6, 6.07) is 17.8. The normalized spacial score (nSPS) is 20.0. The number of likely N-dealkylation sites (tertiary alicyclic amines) is 1. The van der Waals surface area contributed by atoms with Crippen molar-refractivity contribution in [2.45, 2.75) is 58.8 Å². The fraction of sp³-hybridized carbons (Fsp3) is 0.478. The Morgan fingerprint density at radius 3 is 2.66 bits per heavy atom. The van der Waals surface area contributed by atoms with E-state index in [0.29, 0.717) is 18.6 Å². The van der Waals surface area contributed by atoms with Crippen LogP contribution in [0, 0.1) is 6.92 Å². The van der Waals surface area contributed by atoms with E-state index in [2.05, 4.69) is 64.7 Å². The first-order valence-electron chi connectivity index (χ1n) is 10.4. The Kier molecular flexibility index (Phi) is 9.87. The maximum Gasteiger partial charge on any atom is 0.191 e. The van der Waals surface area contributed by atoms with Crippen LogP contribution in [0.1, 0.15) is 43.6 Å². The lowest BCUT2D eigenvalue weighted by Gasteiger charge is -2.38. The number of pyridine rings is 1. The van der Waals surface area contributed by atoms with Crippen LogP contribution >= 0.6 is 24.0 Å². The number of aliphatic imine (C=N–C) groups is 1. The molecule has 158 valence electrons. The third-order valence-electron chi connectivity index (χ3n) is 5.27. The minimum atomic E-state index is 0. The monoisotopic (exact) mass is 507 g/mol. The first-order valence-corrected chi connectivity index (χ1v) is 10.4. The van der Waals surface area contributed by atoms with Crippen molar-refractivity contribution in [3.8, 4) is 0 Å². The predicted molar refractivity (Wildman–Crippen MR) is 132 cm³/mol. The Labute approximate surface area is 192 Å². The molecule has 0 spiro atoms. The molecule has 2 atom stereocenters. The fourth-order valence-corrected chi connectivity index (χ4v) is 3.77. The topological polar surface area (TPSA) is 52.6 Å². The molecule has 1 aliphatic heterocycles. The van der Waals surface area contributed by atoms with E-state index in [1.54, 1.807) is 0 Å². The van der Waals surface area contributed by atoms with Crippen LogP contribution in [0.25, 0.3) is 0 Å². The molecular weight excluding hydrogens is 473 g/mol. The number of rotatable bonds is 6. The second-order valence-corrected chi connectivity index (χ2v) is 7.64. The predicted octanol–water partition coefficient (Wildman–Crippen LogP) is 4.12. The van der Waals surface area contributed by atoms with Gasteiger partial charge in [-0.2, -0.15) is 0 Å². The average molecular weight is 507 g/mol. The number of piperidine rings is 1. The molecule has 6 heteroatoms. The summed E-state index contributed by atoms with van der Waals surface area (Å²) in [7, 11) is 0. The van der Waals surface area contributed by atoms with Crippen LogP contribution in [0.4, 0.5) is 0 Å². The molecule has 0 bridgehead atoms. The second kappa shape index (κ2) is 12.1. The average Bonchev–Trinajstić information content (AvgIpc) is 2.69. The minimum Gasteiger partial charge on any atom is -0.357 e. The number of hydrogen-bond donors (Lipinski definition) is 2. The van der Waals surface area contributed by atoms with Gasteiger partial charge in [0.2, 0.25) is 0 Å². The molecule has 29 heavy (non-hydrogen) atoms. The van der Waals surface area contributed by atoms with Crippen LogP contribution in [-0.4, -0.2) is 41.0 Å². The van der Waals surface area contributed by atoms with Gasteiger partial charge in [-0.15, -0.1) is 24.0 Å². The summed E-state index contributed by atoms with van der Waals surface area (Å²) in [5, 5.41) is 7.02. The Morgan fingerprint density at radius 1 is 1.17 bits per heavy atom. The SMILES string of the molecule is CCNC(=NCc1cccc(C)n1)NC1CCN(Cc2ccccc2)C(C)C1.I. The number of halogens is 1. The number of nitrogens with zero attached hydrogens (tertiary/aromatic N) is 3. The highest BCUT2D eigenvalue weighted by atomic mass is 127. The number of benzene rings is 1. The van der Waals surface area contributed by atoms with Crippen molar-refractivity contribution in [3.63, 3.8) is 0 Å². The Bertz CT molecular complexity index is 765. The van der Waals surface area contributed by atoms with E-state index in [0.717, 1.165) is 49.8 Å². The van der Waals surface area contributed by atoms with Crippen molar-refractivity contribution in [3.05, 3.63) is 65.5 Å². The van der Waals surface area contributed by atoms with E-state index in [1.165, 1.54) is 5.56 Å². The molecule has 1 fully saturated rings. The smallest absolute Gasteiger partial charge is 0.191 e. The lowest BCUT2D eigenvalue weighted by Crippen LogP contribution is -2.51. The minimum absolute atomic E-state index is 0. The number of guanidine groups is 1. The molecule has 1 aliphatic rings. The molecule has 5 nitrogen and oxygen atoms in total. The zero-order chi connectivity index (χ0) is 19.8. The zero-order valence-electron chi connectivity index (χ0n) is 17.8. The Morgan fingerprint density at radius 2 is 1.97 bits per heavy atom. The van der Waals surface area contributed by atoms with Gasteiger partial charge in [-0.05, 0) is 51.3 Å². The van der Waals surface area contributed by atoms with Crippen molar-refractivity contribution >= 4 is 29.9 Å². The van der Waals surface area contributed by atoms with E-state index in [4.69, 9.17) is 4.99 Å². The lowest BCUT2D eigenvalue weighted by molar-refractivity contribution is 0.134. The summed E-state index contributed by atoms with van der Waals surface area (Å²) in [4.78, 5) is 11.9. The van der Waals surface area contributed by atoms with Crippen LogP contribution in [0.5, 0.6) is 0 Å².